The van der Waals surface area contributed by atoms with E-state index in [1.807, 2.05) is 6.26 Å². The topological polar surface area (TPSA) is 92.8 Å². The molecule has 7 nitrogen and oxygen atoms in total. The Hall–Kier alpha value is -2.06. The molecule has 1 aliphatic carbocycles. The van der Waals surface area contributed by atoms with Crippen LogP contribution >= 0.6 is 23.4 Å². The maximum atomic E-state index is 12.9. The van der Waals surface area contributed by atoms with Gasteiger partial charge in [-0.2, -0.15) is 11.8 Å². The van der Waals surface area contributed by atoms with Gasteiger partial charge in [0.15, 0.2) is 6.61 Å². The van der Waals surface area contributed by atoms with E-state index in [0.29, 0.717) is 35.7 Å². The van der Waals surface area contributed by atoms with Crippen LogP contribution < -0.4 is 5.32 Å². The van der Waals surface area contributed by atoms with Crippen LogP contribution in [-0.4, -0.2) is 53.2 Å². The number of fused-ring (bicyclic) bond motifs is 1. The van der Waals surface area contributed by atoms with Gasteiger partial charge in [0.05, 0.1) is 11.8 Å². The van der Waals surface area contributed by atoms with Crippen molar-refractivity contribution in [1.82, 2.24) is 4.90 Å². The normalized spacial score (nSPS) is 21.9. The number of carbonyl (C=O) groups is 4. The van der Waals surface area contributed by atoms with Gasteiger partial charge in [-0.25, -0.2) is 4.79 Å². The minimum atomic E-state index is -0.998. The molecule has 3 atom stereocenters. The number of hydrogen-bond acceptors (Lipinski definition) is 6. The first-order chi connectivity index (χ1) is 14.4. The van der Waals surface area contributed by atoms with Crippen molar-refractivity contribution < 1.29 is 23.9 Å². The van der Waals surface area contributed by atoms with Crippen molar-refractivity contribution in [2.24, 2.45) is 11.8 Å². The molecule has 1 heterocycles. The molecule has 1 N–H and O–H groups in total. The number of esters is 1. The maximum absolute atomic E-state index is 12.9. The number of halogens is 1. The molecule has 1 aliphatic heterocycles. The standard InChI is InChI=1S/C21H25ClN2O5S/c1-30-10-9-17(24-19(26)15-7-2-3-8-16(15)20(24)27)21(28)29-12-18(25)23-14-6-4-5-13(22)11-14/h4-6,11,15-17H,2-3,7-10,12H2,1H3,(H,23,25)/t15-,16-,17+/m0/s1. The molecule has 1 aromatic rings. The van der Waals surface area contributed by atoms with Gasteiger partial charge >= 0.3 is 5.97 Å². The minimum Gasteiger partial charge on any atom is -0.454 e. The van der Waals surface area contributed by atoms with E-state index in [-0.39, 0.29) is 23.7 Å². The van der Waals surface area contributed by atoms with Crippen LogP contribution in [0.4, 0.5) is 5.69 Å². The maximum Gasteiger partial charge on any atom is 0.329 e. The molecule has 0 aromatic heterocycles. The summed E-state index contributed by atoms with van der Waals surface area (Å²) in [4.78, 5) is 51.7. The molecule has 0 bridgehead atoms. The quantitative estimate of drug-likeness (QED) is 0.481. The number of likely N-dealkylation sites (tertiary alicyclic amines) is 1. The number of thioether (sulfide) groups is 1. The van der Waals surface area contributed by atoms with Crippen molar-refractivity contribution >= 4 is 52.7 Å². The van der Waals surface area contributed by atoms with Gasteiger partial charge in [0.1, 0.15) is 6.04 Å². The number of imide groups is 1. The van der Waals surface area contributed by atoms with Gasteiger partial charge < -0.3 is 10.1 Å². The van der Waals surface area contributed by atoms with Crippen molar-refractivity contribution in [2.45, 2.75) is 38.1 Å². The number of amides is 3. The summed E-state index contributed by atoms with van der Waals surface area (Å²) in [6.45, 7) is -0.510. The number of carbonyl (C=O) groups excluding carboxylic acids is 4. The molecule has 162 valence electrons. The lowest BCUT2D eigenvalue weighted by atomic mass is 9.81. The van der Waals surface area contributed by atoms with Gasteiger partial charge in [-0.3, -0.25) is 19.3 Å². The minimum absolute atomic E-state index is 0.281. The third kappa shape index (κ3) is 5.16. The van der Waals surface area contributed by atoms with Gasteiger partial charge in [-0.05, 0) is 49.5 Å². The molecule has 2 aliphatic rings. The number of benzene rings is 1. The van der Waals surface area contributed by atoms with Crippen molar-refractivity contribution in [2.75, 3.05) is 23.9 Å². The highest BCUT2D eigenvalue weighted by molar-refractivity contribution is 7.98. The predicted octanol–water partition coefficient (Wildman–Crippen LogP) is 3.12. The molecule has 2 fully saturated rings. The van der Waals surface area contributed by atoms with Crippen LogP contribution in [0.2, 0.25) is 5.02 Å². The van der Waals surface area contributed by atoms with Crippen molar-refractivity contribution in [1.29, 1.82) is 0 Å². The molecule has 9 heteroatoms. The Labute approximate surface area is 184 Å². The fourth-order valence-electron chi connectivity index (χ4n) is 4.07. The first-order valence-electron chi connectivity index (χ1n) is 10.00. The van der Waals surface area contributed by atoms with Gasteiger partial charge in [0.25, 0.3) is 5.91 Å². The zero-order valence-corrected chi connectivity index (χ0v) is 18.3. The molecule has 1 saturated heterocycles. The molecule has 3 rings (SSSR count). The molecule has 0 spiro atoms. The zero-order valence-electron chi connectivity index (χ0n) is 16.8. The molecule has 30 heavy (non-hydrogen) atoms. The fraction of sp³-hybridized carbons (Fsp3) is 0.524. The van der Waals surface area contributed by atoms with Gasteiger partial charge in [0, 0.05) is 10.7 Å². The number of rotatable bonds is 8. The lowest BCUT2D eigenvalue weighted by molar-refractivity contribution is -0.160. The second-order valence-electron chi connectivity index (χ2n) is 7.51. The Bertz CT molecular complexity index is 809. The van der Waals surface area contributed by atoms with Gasteiger partial charge in [-0.15, -0.1) is 0 Å². The van der Waals surface area contributed by atoms with E-state index in [1.165, 1.54) is 11.8 Å². The first-order valence-corrected chi connectivity index (χ1v) is 11.8. The van der Waals surface area contributed by atoms with Gasteiger partial charge in [-0.1, -0.05) is 30.5 Å². The molecular weight excluding hydrogens is 428 g/mol. The van der Waals surface area contributed by atoms with Crippen LogP contribution in [0.5, 0.6) is 0 Å². The predicted molar refractivity (Wildman–Crippen MR) is 115 cm³/mol. The van der Waals surface area contributed by atoms with Crippen molar-refractivity contribution in [3.8, 4) is 0 Å². The first kappa shape index (κ1) is 22.6. The summed E-state index contributed by atoms with van der Waals surface area (Å²) >= 11 is 7.40. The lowest BCUT2D eigenvalue weighted by Gasteiger charge is -2.25. The number of hydrogen-bond donors (Lipinski definition) is 1. The average molecular weight is 453 g/mol. The number of ether oxygens (including phenoxy) is 1. The second-order valence-corrected chi connectivity index (χ2v) is 8.93. The van der Waals surface area contributed by atoms with E-state index in [2.05, 4.69) is 5.32 Å². The van der Waals surface area contributed by atoms with Crippen LogP contribution in [0, 0.1) is 11.8 Å². The Kier molecular flexibility index (Phi) is 7.77. The van der Waals surface area contributed by atoms with E-state index in [4.69, 9.17) is 16.3 Å². The monoisotopic (exact) mass is 452 g/mol. The lowest BCUT2D eigenvalue weighted by Crippen LogP contribution is -2.47. The molecule has 1 saturated carbocycles. The summed E-state index contributed by atoms with van der Waals surface area (Å²) in [6.07, 6.45) is 5.37. The second kappa shape index (κ2) is 10.3. The van der Waals surface area contributed by atoms with Crippen molar-refractivity contribution in [3.05, 3.63) is 29.3 Å². The molecule has 3 amide bonds. The smallest absolute Gasteiger partial charge is 0.329 e. The summed E-state index contributed by atoms with van der Waals surface area (Å²) in [6, 6.07) is 5.60. The zero-order chi connectivity index (χ0) is 21.7. The van der Waals surface area contributed by atoms with E-state index < -0.39 is 24.5 Å². The molecular formula is C21H25ClN2O5S. The number of nitrogens with one attached hydrogen (secondary N) is 1. The van der Waals surface area contributed by atoms with Crippen LogP contribution in [0.3, 0.4) is 0 Å². The van der Waals surface area contributed by atoms with Gasteiger partial charge in [0.2, 0.25) is 11.8 Å². The summed E-state index contributed by atoms with van der Waals surface area (Å²) in [5.74, 6) is -1.90. The molecule has 0 unspecified atom stereocenters. The summed E-state index contributed by atoms with van der Waals surface area (Å²) < 4.78 is 5.19. The van der Waals surface area contributed by atoms with Crippen LogP contribution in [0.15, 0.2) is 24.3 Å². The number of nitrogens with zero attached hydrogens (tertiary/aromatic N) is 1. The fourth-order valence-corrected chi connectivity index (χ4v) is 4.72. The highest BCUT2D eigenvalue weighted by Gasteiger charge is 2.52. The van der Waals surface area contributed by atoms with E-state index in [1.54, 1.807) is 24.3 Å². The summed E-state index contributed by atoms with van der Waals surface area (Å²) in [7, 11) is 0. The highest BCUT2D eigenvalue weighted by Crippen LogP contribution is 2.39. The van der Waals surface area contributed by atoms with Crippen LogP contribution in [-0.2, 0) is 23.9 Å². The summed E-state index contributed by atoms with van der Waals surface area (Å²) in [5, 5.41) is 3.06. The Morgan fingerprint density at radius 2 is 1.90 bits per heavy atom. The third-order valence-corrected chi connectivity index (χ3v) is 6.39. The third-order valence-electron chi connectivity index (χ3n) is 5.51. The highest BCUT2D eigenvalue weighted by atomic mass is 35.5. The SMILES string of the molecule is CSCC[C@H](C(=O)OCC(=O)Nc1cccc(Cl)c1)N1C(=O)[C@H]2CCCC[C@@H]2C1=O. The van der Waals surface area contributed by atoms with Crippen LogP contribution in [0.1, 0.15) is 32.1 Å². The van der Waals surface area contributed by atoms with Crippen molar-refractivity contribution in [3.63, 3.8) is 0 Å². The Balaban J connectivity index is 1.64. The molecule has 1 aromatic carbocycles. The van der Waals surface area contributed by atoms with E-state index in [0.717, 1.165) is 17.7 Å². The Morgan fingerprint density at radius 3 is 2.50 bits per heavy atom. The summed E-state index contributed by atoms with van der Waals surface area (Å²) in [5.41, 5.74) is 0.483. The number of anilines is 1. The van der Waals surface area contributed by atoms with E-state index in [9.17, 15) is 19.2 Å². The molecule has 0 radical (unpaired) electrons. The Morgan fingerprint density at radius 1 is 1.23 bits per heavy atom. The van der Waals surface area contributed by atoms with E-state index >= 15 is 0 Å². The average Bonchev–Trinajstić information content (AvgIpc) is 2.98. The van der Waals surface area contributed by atoms with Crippen LogP contribution in [0.25, 0.3) is 0 Å². The largest absolute Gasteiger partial charge is 0.454 e.